The maximum Gasteiger partial charge on any atom is 0.137 e. The van der Waals surface area contributed by atoms with Crippen molar-refractivity contribution in [2.45, 2.75) is 50.6 Å². The molecule has 8 nitrogen and oxygen atoms in total. The van der Waals surface area contributed by atoms with Crippen LogP contribution in [0.3, 0.4) is 0 Å². The van der Waals surface area contributed by atoms with Crippen LogP contribution in [0.2, 0.25) is 0 Å². The van der Waals surface area contributed by atoms with Crippen LogP contribution < -0.4 is 10.6 Å². The number of likely N-dealkylation sites (tertiary alicyclic amines) is 1. The van der Waals surface area contributed by atoms with Crippen LogP contribution >= 0.6 is 0 Å². The van der Waals surface area contributed by atoms with Crippen LogP contribution in [0.4, 0.5) is 11.5 Å². The number of anilines is 2. The maximum atomic E-state index is 5.55. The zero-order valence-corrected chi connectivity index (χ0v) is 22.6. The monoisotopic (exact) mass is 515 g/mol. The van der Waals surface area contributed by atoms with Gasteiger partial charge in [-0.3, -0.25) is 9.88 Å². The van der Waals surface area contributed by atoms with Gasteiger partial charge in [0.05, 0.1) is 24.4 Å². The second-order valence-electron chi connectivity index (χ2n) is 11.2. The van der Waals surface area contributed by atoms with Gasteiger partial charge in [0.1, 0.15) is 12.1 Å². The number of benzene rings is 1. The summed E-state index contributed by atoms with van der Waals surface area (Å²) in [5, 5.41) is 8.05. The second-order valence-corrected chi connectivity index (χ2v) is 11.2. The number of pyridine rings is 1. The minimum Gasteiger partial charge on any atom is -0.387 e. The lowest BCUT2D eigenvalue weighted by Gasteiger charge is -2.43. The Bertz CT molecular complexity index is 1210. The van der Waals surface area contributed by atoms with E-state index < -0.39 is 0 Å². The second kappa shape index (κ2) is 11.9. The topological polar surface area (TPSA) is 78.4 Å². The fourth-order valence-electron chi connectivity index (χ4n) is 6.59. The third-order valence-electron chi connectivity index (χ3n) is 8.72. The molecule has 1 aliphatic carbocycles. The molecule has 1 aromatic carbocycles. The maximum absolute atomic E-state index is 5.55. The van der Waals surface area contributed by atoms with Gasteiger partial charge in [-0.2, -0.15) is 0 Å². The molecule has 0 amide bonds. The lowest BCUT2D eigenvalue weighted by atomic mass is 9.87. The number of nitrogens with zero attached hydrogens (tertiary/aromatic N) is 5. The third-order valence-corrected chi connectivity index (χ3v) is 8.72. The molecule has 0 unspecified atom stereocenters. The minimum atomic E-state index is 0.455. The number of rotatable bonds is 7. The fraction of sp³-hybridized carbons (Fsp3) is 0.567. The van der Waals surface area contributed by atoms with E-state index in [9.17, 15) is 0 Å². The molecule has 1 atom stereocenters. The summed E-state index contributed by atoms with van der Waals surface area (Å²) in [6, 6.07) is 9.70. The Morgan fingerprint density at radius 2 is 1.82 bits per heavy atom. The van der Waals surface area contributed by atoms with Crippen molar-refractivity contribution in [2.24, 2.45) is 5.92 Å². The Morgan fingerprint density at radius 3 is 2.66 bits per heavy atom. The largest absolute Gasteiger partial charge is 0.387 e. The van der Waals surface area contributed by atoms with E-state index >= 15 is 0 Å². The van der Waals surface area contributed by atoms with Crippen LogP contribution in [0.25, 0.3) is 22.0 Å². The van der Waals surface area contributed by atoms with E-state index in [4.69, 9.17) is 4.74 Å². The van der Waals surface area contributed by atoms with Crippen LogP contribution in [0.1, 0.15) is 38.5 Å². The highest BCUT2D eigenvalue weighted by Crippen LogP contribution is 2.32. The van der Waals surface area contributed by atoms with E-state index in [0.717, 1.165) is 71.8 Å². The Labute approximate surface area is 226 Å². The van der Waals surface area contributed by atoms with E-state index in [1.54, 1.807) is 6.33 Å². The Balaban J connectivity index is 1.08. The number of piperidine rings is 1. The normalized spacial score (nSPS) is 25.3. The summed E-state index contributed by atoms with van der Waals surface area (Å²) in [6.45, 7) is 7.79. The first-order valence-corrected chi connectivity index (χ1v) is 14.4. The smallest absolute Gasteiger partial charge is 0.137 e. The molecule has 2 saturated heterocycles. The first-order valence-electron chi connectivity index (χ1n) is 14.4. The predicted octanol–water partition coefficient (Wildman–Crippen LogP) is 4.50. The summed E-state index contributed by atoms with van der Waals surface area (Å²) in [7, 11) is 1.92. The number of ether oxygens (including phenoxy) is 1. The zero-order valence-electron chi connectivity index (χ0n) is 22.6. The number of morpholine rings is 1. The van der Waals surface area contributed by atoms with Gasteiger partial charge in [0.15, 0.2) is 0 Å². The fourth-order valence-corrected chi connectivity index (χ4v) is 6.59. The summed E-state index contributed by atoms with van der Waals surface area (Å²) in [6.07, 6.45) is 13.1. The van der Waals surface area contributed by atoms with Gasteiger partial charge in [-0.25, -0.2) is 9.97 Å². The molecule has 2 N–H and O–H groups in total. The molecule has 202 valence electrons. The molecule has 3 fully saturated rings. The van der Waals surface area contributed by atoms with Gasteiger partial charge in [0.2, 0.25) is 0 Å². The molecule has 2 aliphatic heterocycles. The van der Waals surface area contributed by atoms with Gasteiger partial charge in [0, 0.05) is 68.7 Å². The van der Waals surface area contributed by atoms with E-state index in [1.807, 2.05) is 19.4 Å². The Morgan fingerprint density at radius 1 is 0.947 bits per heavy atom. The van der Waals surface area contributed by atoms with Crippen molar-refractivity contribution in [3.05, 3.63) is 43.0 Å². The van der Waals surface area contributed by atoms with E-state index in [0.29, 0.717) is 6.04 Å². The van der Waals surface area contributed by atoms with Crippen molar-refractivity contribution in [1.82, 2.24) is 24.8 Å². The van der Waals surface area contributed by atoms with E-state index in [-0.39, 0.29) is 0 Å². The summed E-state index contributed by atoms with van der Waals surface area (Å²) < 4.78 is 5.55. The molecular weight excluding hydrogens is 474 g/mol. The summed E-state index contributed by atoms with van der Waals surface area (Å²) >= 11 is 0. The van der Waals surface area contributed by atoms with Crippen LogP contribution in [0.5, 0.6) is 0 Å². The van der Waals surface area contributed by atoms with Crippen molar-refractivity contribution in [3.63, 3.8) is 0 Å². The van der Waals surface area contributed by atoms with Gasteiger partial charge in [0.25, 0.3) is 0 Å². The molecule has 3 aromatic rings. The van der Waals surface area contributed by atoms with Gasteiger partial charge < -0.3 is 20.3 Å². The minimum absolute atomic E-state index is 0.455. The van der Waals surface area contributed by atoms with Crippen LogP contribution in [-0.4, -0.2) is 89.8 Å². The van der Waals surface area contributed by atoms with Crippen LogP contribution in [0.15, 0.2) is 43.0 Å². The molecule has 0 radical (unpaired) electrons. The lowest BCUT2D eigenvalue weighted by Crippen LogP contribution is -2.48. The van der Waals surface area contributed by atoms with Crippen LogP contribution in [0, 0.1) is 5.92 Å². The van der Waals surface area contributed by atoms with Gasteiger partial charge in [-0.05, 0) is 74.8 Å². The van der Waals surface area contributed by atoms with Gasteiger partial charge >= 0.3 is 0 Å². The first kappa shape index (κ1) is 25.5. The van der Waals surface area contributed by atoms with E-state index in [2.05, 4.69) is 59.7 Å². The average molecular weight is 516 g/mol. The van der Waals surface area contributed by atoms with Gasteiger partial charge in [-0.1, -0.05) is 6.07 Å². The summed E-state index contributed by atoms with van der Waals surface area (Å²) in [5.74, 6) is 1.75. The summed E-state index contributed by atoms with van der Waals surface area (Å²) in [5.41, 5.74) is 4.18. The molecule has 38 heavy (non-hydrogen) atoms. The number of hydrogen-bond acceptors (Lipinski definition) is 8. The molecule has 8 heteroatoms. The number of hydrogen-bond donors (Lipinski definition) is 2. The molecule has 2 aromatic heterocycles. The third kappa shape index (κ3) is 5.92. The molecule has 0 spiro atoms. The number of aromatic nitrogens is 3. The Hall–Kier alpha value is -2.81. The molecule has 1 saturated carbocycles. The standard InChI is InChI=1S/C30H41N7O/c1-31-26-15-24(17-32-18-26)23-4-9-29-28(16-23)30(34-21-33-29)35-25-5-7-27(8-6-25)37-10-2-3-22(20-37)19-36-11-13-38-14-12-36/h4,9,15-18,21-22,25,27,31H,2-3,5-8,10-14,19-20H2,1H3,(H,33,34,35)/t22-,25?,27?/m1/s1. The van der Waals surface area contributed by atoms with Crippen molar-refractivity contribution >= 4 is 22.4 Å². The van der Waals surface area contributed by atoms with Crippen molar-refractivity contribution < 1.29 is 4.74 Å². The molecule has 4 heterocycles. The SMILES string of the molecule is CNc1cncc(-c2ccc3ncnc(NC4CCC(N5CCC[C@H](CN6CCOCC6)C5)CC4)c3c2)c1. The molecule has 3 aliphatic rings. The highest BCUT2D eigenvalue weighted by Gasteiger charge is 2.30. The summed E-state index contributed by atoms with van der Waals surface area (Å²) in [4.78, 5) is 19.0. The molecule has 6 rings (SSSR count). The van der Waals surface area contributed by atoms with Gasteiger partial charge in [-0.15, -0.1) is 0 Å². The average Bonchev–Trinajstić information content (AvgIpc) is 2.98. The van der Waals surface area contributed by atoms with Crippen molar-refractivity contribution in [2.75, 3.05) is 63.6 Å². The number of nitrogens with one attached hydrogen (secondary N) is 2. The lowest BCUT2D eigenvalue weighted by molar-refractivity contribution is 0.0172. The van der Waals surface area contributed by atoms with Crippen LogP contribution in [-0.2, 0) is 4.74 Å². The highest BCUT2D eigenvalue weighted by atomic mass is 16.5. The number of fused-ring (bicyclic) bond motifs is 1. The zero-order chi connectivity index (χ0) is 25.7. The Kier molecular flexibility index (Phi) is 7.99. The van der Waals surface area contributed by atoms with Crippen molar-refractivity contribution in [1.29, 1.82) is 0 Å². The van der Waals surface area contributed by atoms with Crippen molar-refractivity contribution in [3.8, 4) is 11.1 Å². The first-order chi connectivity index (χ1) is 18.7. The van der Waals surface area contributed by atoms with E-state index in [1.165, 1.54) is 58.2 Å². The molecule has 0 bridgehead atoms. The predicted molar refractivity (Wildman–Crippen MR) is 154 cm³/mol. The molecular formula is C30H41N7O. The quantitative estimate of drug-likeness (QED) is 0.476. The highest BCUT2D eigenvalue weighted by molar-refractivity contribution is 5.92.